The highest BCUT2D eigenvalue weighted by Crippen LogP contribution is 2.49. The summed E-state index contributed by atoms with van der Waals surface area (Å²) in [4.78, 5) is 0. The minimum atomic E-state index is -2.78. The zero-order chi connectivity index (χ0) is 24.1. The lowest BCUT2D eigenvalue weighted by Gasteiger charge is -2.54. The Labute approximate surface area is 197 Å². The summed E-state index contributed by atoms with van der Waals surface area (Å²) in [6.45, 7) is 22.5. The SMILES string of the molecule is CC(C)[Si]1(C(C)C)O[C@H]([C@@H]2OC(C)(C)O[C@H]2CO)[C@H]2NCC[C@@H]2O[Si](C(C)C)(C(C)C)O1. The number of nitrogens with one attached hydrogen (secondary N) is 1. The van der Waals surface area contributed by atoms with Crippen LogP contribution in [0.25, 0.3) is 0 Å². The summed E-state index contributed by atoms with van der Waals surface area (Å²) in [6, 6.07) is -0.0239. The molecule has 0 amide bonds. The Bertz CT molecular complexity index is 628. The number of rotatable bonds is 6. The predicted octanol–water partition coefficient (Wildman–Crippen LogP) is 4.19. The summed E-state index contributed by atoms with van der Waals surface area (Å²) in [5.41, 5.74) is 1.09. The molecule has 0 saturated carbocycles. The van der Waals surface area contributed by atoms with E-state index in [4.69, 9.17) is 22.4 Å². The van der Waals surface area contributed by atoms with E-state index in [2.05, 4.69) is 60.7 Å². The lowest BCUT2D eigenvalue weighted by atomic mass is 9.98. The Hall–Kier alpha value is 0.154. The third-order valence-electron chi connectivity index (χ3n) is 7.48. The van der Waals surface area contributed by atoms with Gasteiger partial charge in [-0.3, -0.25) is 0 Å². The van der Waals surface area contributed by atoms with Crippen LogP contribution in [-0.4, -0.2) is 71.6 Å². The van der Waals surface area contributed by atoms with E-state index < -0.39 is 35.1 Å². The van der Waals surface area contributed by atoms with Gasteiger partial charge in [-0.15, -0.1) is 0 Å². The molecule has 0 spiro atoms. The molecule has 9 heteroatoms. The standard InChI is InChI=1S/C23H47NO6Si2/c1-14(2)31(15(3)4)28-18-11-12-24-20(18)22(21-19(13-25)26-23(9,10)27-21)29-32(30-31,16(5)6)17(7)8/h14-22,24-25H,11-13H2,1-10H3/t18-,19-,20-,21+,22-/m0/s1. The number of ether oxygens (including phenoxy) is 2. The van der Waals surface area contributed by atoms with Crippen LogP contribution in [0.4, 0.5) is 0 Å². The van der Waals surface area contributed by atoms with Gasteiger partial charge in [0.15, 0.2) is 5.79 Å². The predicted molar refractivity (Wildman–Crippen MR) is 130 cm³/mol. The van der Waals surface area contributed by atoms with Crippen LogP contribution in [-0.2, 0) is 22.4 Å². The summed E-state index contributed by atoms with van der Waals surface area (Å²) < 4.78 is 34.2. The van der Waals surface area contributed by atoms with Crippen LogP contribution in [0.15, 0.2) is 0 Å². The van der Waals surface area contributed by atoms with Crippen molar-refractivity contribution in [2.45, 2.75) is 134 Å². The van der Waals surface area contributed by atoms with E-state index in [0.29, 0.717) is 11.1 Å². The first-order valence-corrected chi connectivity index (χ1v) is 16.5. The zero-order valence-corrected chi connectivity index (χ0v) is 23.8. The van der Waals surface area contributed by atoms with Crippen LogP contribution >= 0.6 is 0 Å². The average Bonchev–Trinajstić information content (AvgIpc) is 3.24. The van der Waals surface area contributed by atoms with Crippen LogP contribution in [0.3, 0.4) is 0 Å². The number of hydrogen-bond acceptors (Lipinski definition) is 7. The molecule has 0 aromatic rings. The topological polar surface area (TPSA) is 78.4 Å². The van der Waals surface area contributed by atoms with Crippen LogP contribution in [0, 0.1) is 0 Å². The van der Waals surface area contributed by atoms with E-state index in [1.807, 2.05) is 13.8 Å². The van der Waals surface area contributed by atoms with Crippen molar-refractivity contribution in [3.8, 4) is 0 Å². The summed E-state index contributed by atoms with van der Waals surface area (Å²) in [5.74, 6) is -0.770. The molecule has 3 aliphatic heterocycles. The Morgan fingerprint density at radius 2 is 1.38 bits per heavy atom. The summed E-state index contributed by atoms with van der Waals surface area (Å²) >= 11 is 0. The second kappa shape index (κ2) is 9.66. The van der Waals surface area contributed by atoms with Gasteiger partial charge in [0.2, 0.25) is 0 Å². The van der Waals surface area contributed by atoms with E-state index in [-0.39, 0.29) is 35.9 Å². The molecule has 7 nitrogen and oxygen atoms in total. The molecule has 32 heavy (non-hydrogen) atoms. The fourth-order valence-electron chi connectivity index (χ4n) is 5.89. The van der Waals surface area contributed by atoms with E-state index in [1.165, 1.54) is 0 Å². The maximum Gasteiger partial charge on any atom is 0.335 e. The second-order valence-corrected chi connectivity index (χ2v) is 20.3. The van der Waals surface area contributed by atoms with Crippen molar-refractivity contribution in [2.75, 3.05) is 13.2 Å². The molecule has 188 valence electrons. The van der Waals surface area contributed by atoms with Crippen LogP contribution < -0.4 is 5.32 Å². The Balaban J connectivity index is 2.13. The molecule has 3 aliphatic rings. The van der Waals surface area contributed by atoms with Gasteiger partial charge in [-0.1, -0.05) is 55.4 Å². The molecule has 0 aromatic carbocycles. The smallest absolute Gasteiger partial charge is 0.335 e. The highest BCUT2D eigenvalue weighted by Gasteiger charge is 2.63. The first-order chi connectivity index (χ1) is 14.8. The van der Waals surface area contributed by atoms with Crippen LogP contribution in [0.5, 0.6) is 0 Å². The van der Waals surface area contributed by atoms with Crippen molar-refractivity contribution >= 4 is 17.1 Å². The van der Waals surface area contributed by atoms with Gasteiger partial charge in [0.05, 0.1) is 24.9 Å². The highest BCUT2D eigenvalue weighted by molar-refractivity contribution is 6.84. The normalized spacial score (nSPS) is 36.7. The van der Waals surface area contributed by atoms with Gasteiger partial charge < -0.3 is 32.9 Å². The van der Waals surface area contributed by atoms with Gasteiger partial charge in [-0.05, 0) is 49.0 Å². The van der Waals surface area contributed by atoms with Crippen LogP contribution in [0.1, 0.15) is 75.7 Å². The molecular weight excluding hydrogens is 442 g/mol. The molecule has 3 saturated heterocycles. The number of hydrogen-bond donors (Lipinski definition) is 2. The summed E-state index contributed by atoms with van der Waals surface area (Å²) in [5, 5.41) is 13.8. The third-order valence-corrected chi connectivity index (χ3v) is 17.8. The fraction of sp³-hybridized carbons (Fsp3) is 1.00. The third kappa shape index (κ3) is 4.66. The van der Waals surface area contributed by atoms with Gasteiger partial charge in [-0.25, -0.2) is 0 Å². The minimum Gasteiger partial charge on any atom is -0.414 e. The largest absolute Gasteiger partial charge is 0.414 e. The molecule has 0 unspecified atom stereocenters. The molecule has 0 radical (unpaired) electrons. The van der Waals surface area contributed by atoms with Crippen molar-refractivity contribution in [3.63, 3.8) is 0 Å². The van der Waals surface area contributed by atoms with Gasteiger partial charge in [0.25, 0.3) is 0 Å². The van der Waals surface area contributed by atoms with Crippen LogP contribution in [0.2, 0.25) is 22.2 Å². The summed E-state index contributed by atoms with van der Waals surface area (Å²) in [6.07, 6.45) is -0.239. The molecule has 3 rings (SSSR count). The first kappa shape index (κ1) is 26.8. The number of aliphatic hydroxyl groups is 1. The van der Waals surface area contributed by atoms with Gasteiger partial charge in [0, 0.05) is 0 Å². The molecule has 0 aliphatic carbocycles. The Morgan fingerprint density at radius 3 is 1.88 bits per heavy atom. The minimum absolute atomic E-state index is 0.00514. The fourth-order valence-corrected chi connectivity index (χ4v) is 17.2. The van der Waals surface area contributed by atoms with Gasteiger partial charge >= 0.3 is 17.1 Å². The molecule has 0 aromatic heterocycles. The van der Waals surface area contributed by atoms with Gasteiger partial charge in [-0.2, -0.15) is 0 Å². The van der Waals surface area contributed by atoms with Gasteiger partial charge in [0.1, 0.15) is 12.2 Å². The molecule has 2 N–H and O–H groups in total. The summed E-state index contributed by atoms with van der Waals surface area (Å²) in [7, 11) is -5.39. The average molecular weight is 490 g/mol. The van der Waals surface area contributed by atoms with Crippen molar-refractivity contribution in [1.82, 2.24) is 5.32 Å². The van der Waals surface area contributed by atoms with E-state index in [0.717, 1.165) is 13.0 Å². The maximum atomic E-state index is 10.1. The van der Waals surface area contributed by atoms with Crippen molar-refractivity contribution in [1.29, 1.82) is 0 Å². The molecule has 3 heterocycles. The van der Waals surface area contributed by atoms with E-state index in [1.54, 1.807) is 0 Å². The van der Waals surface area contributed by atoms with Crippen molar-refractivity contribution in [3.05, 3.63) is 0 Å². The van der Waals surface area contributed by atoms with Crippen molar-refractivity contribution in [2.24, 2.45) is 0 Å². The lowest BCUT2D eigenvalue weighted by Crippen LogP contribution is -2.69. The van der Waals surface area contributed by atoms with E-state index >= 15 is 0 Å². The second-order valence-electron chi connectivity index (χ2n) is 11.5. The molecule has 5 atom stereocenters. The molecule has 3 fully saturated rings. The molecular formula is C23H47NO6Si2. The Kier molecular flexibility index (Phi) is 8.08. The lowest BCUT2D eigenvalue weighted by molar-refractivity contribution is -0.160. The van der Waals surface area contributed by atoms with Crippen molar-refractivity contribution < 1.29 is 27.5 Å². The Morgan fingerprint density at radius 1 is 0.844 bits per heavy atom. The number of fused-ring (bicyclic) bond motifs is 1. The first-order valence-electron chi connectivity index (χ1n) is 12.5. The quantitative estimate of drug-likeness (QED) is 0.542. The molecule has 0 bridgehead atoms. The maximum absolute atomic E-state index is 10.1. The zero-order valence-electron chi connectivity index (χ0n) is 21.8. The van der Waals surface area contributed by atoms with E-state index in [9.17, 15) is 5.11 Å². The number of aliphatic hydroxyl groups excluding tert-OH is 1. The monoisotopic (exact) mass is 489 g/mol. The highest BCUT2D eigenvalue weighted by atomic mass is 28.5.